The standard InChI is InChI=1S/C16H22N2O3/c1-11(9-12-5-3-2-4-6-12)17-16(21)18-14-8-7-13(10-14)15(19)20/h2-6,11,13-14H,7-10H2,1H3,(H,19,20)(H2,17,18,21). The van der Waals surface area contributed by atoms with Gasteiger partial charge < -0.3 is 15.7 Å². The summed E-state index contributed by atoms with van der Waals surface area (Å²) in [7, 11) is 0. The molecule has 0 aromatic heterocycles. The highest BCUT2D eigenvalue weighted by molar-refractivity contribution is 5.75. The number of aliphatic carboxylic acids is 1. The van der Waals surface area contributed by atoms with Crippen molar-refractivity contribution < 1.29 is 14.7 Å². The van der Waals surface area contributed by atoms with Gasteiger partial charge in [0, 0.05) is 12.1 Å². The molecule has 5 heteroatoms. The molecule has 3 N–H and O–H groups in total. The lowest BCUT2D eigenvalue weighted by Crippen LogP contribution is -2.45. The van der Waals surface area contributed by atoms with Crippen molar-refractivity contribution in [3.63, 3.8) is 0 Å². The zero-order chi connectivity index (χ0) is 15.2. The van der Waals surface area contributed by atoms with Crippen molar-refractivity contribution in [2.45, 2.75) is 44.7 Å². The summed E-state index contributed by atoms with van der Waals surface area (Å²) in [6.07, 6.45) is 2.67. The summed E-state index contributed by atoms with van der Waals surface area (Å²) in [5.41, 5.74) is 1.18. The Kier molecular flexibility index (Phi) is 5.20. The van der Waals surface area contributed by atoms with Crippen LogP contribution in [0, 0.1) is 5.92 Å². The van der Waals surface area contributed by atoms with E-state index in [9.17, 15) is 9.59 Å². The number of nitrogens with one attached hydrogen (secondary N) is 2. The molecular weight excluding hydrogens is 268 g/mol. The Bertz CT molecular complexity index is 490. The molecule has 1 aromatic carbocycles. The van der Waals surface area contributed by atoms with Crippen LogP contribution in [0.25, 0.3) is 0 Å². The van der Waals surface area contributed by atoms with Crippen molar-refractivity contribution in [1.82, 2.24) is 10.6 Å². The van der Waals surface area contributed by atoms with Gasteiger partial charge in [0.1, 0.15) is 0 Å². The third-order valence-electron chi connectivity index (χ3n) is 3.88. The molecule has 0 saturated heterocycles. The largest absolute Gasteiger partial charge is 0.481 e. The third kappa shape index (κ3) is 4.77. The van der Waals surface area contributed by atoms with Crippen molar-refractivity contribution in [3.8, 4) is 0 Å². The minimum atomic E-state index is -0.767. The fourth-order valence-corrected chi connectivity index (χ4v) is 2.81. The van der Waals surface area contributed by atoms with Crippen LogP contribution in [0.3, 0.4) is 0 Å². The fraction of sp³-hybridized carbons (Fsp3) is 0.500. The SMILES string of the molecule is CC(Cc1ccccc1)NC(=O)NC1CCC(C(=O)O)C1. The number of hydrogen-bond donors (Lipinski definition) is 3. The van der Waals surface area contributed by atoms with Crippen LogP contribution in [-0.4, -0.2) is 29.2 Å². The van der Waals surface area contributed by atoms with E-state index < -0.39 is 5.97 Å². The van der Waals surface area contributed by atoms with Gasteiger partial charge in [-0.25, -0.2) is 4.79 Å². The predicted octanol–water partition coefficient (Wildman–Crippen LogP) is 2.17. The van der Waals surface area contributed by atoms with Gasteiger partial charge >= 0.3 is 12.0 Å². The second-order valence-corrected chi connectivity index (χ2v) is 5.75. The maximum Gasteiger partial charge on any atom is 0.315 e. The normalized spacial score (nSPS) is 22.5. The molecule has 0 aliphatic heterocycles. The molecule has 3 unspecified atom stereocenters. The van der Waals surface area contributed by atoms with Crippen molar-refractivity contribution in [2.75, 3.05) is 0 Å². The number of carboxylic acids is 1. The summed E-state index contributed by atoms with van der Waals surface area (Å²) in [5, 5.41) is 14.7. The first-order valence-corrected chi connectivity index (χ1v) is 7.38. The lowest BCUT2D eigenvalue weighted by molar-refractivity contribution is -0.141. The van der Waals surface area contributed by atoms with Crippen LogP contribution in [0.2, 0.25) is 0 Å². The molecule has 21 heavy (non-hydrogen) atoms. The number of benzene rings is 1. The predicted molar refractivity (Wildman–Crippen MR) is 80.0 cm³/mol. The maximum absolute atomic E-state index is 11.9. The van der Waals surface area contributed by atoms with Gasteiger partial charge in [0.05, 0.1) is 5.92 Å². The van der Waals surface area contributed by atoms with Gasteiger partial charge in [0.2, 0.25) is 0 Å². The van der Waals surface area contributed by atoms with E-state index in [0.29, 0.717) is 12.8 Å². The van der Waals surface area contributed by atoms with E-state index in [-0.39, 0.29) is 24.0 Å². The van der Waals surface area contributed by atoms with Crippen LogP contribution >= 0.6 is 0 Å². The fourth-order valence-electron chi connectivity index (χ4n) is 2.81. The number of hydrogen-bond acceptors (Lipinski definition) is 2. The zero-order valence-corrected chi connectivity index (χ0v) is 12.2. The summed E-state index contributed by atoms with van der Waals surface area (Å²) in [6, 6.07) is 9.77. The second kappa shape index (κ2) is 7.11. The minimum Gasteiger partial charge on any atom is -0.481 e. The maximum atomic E-state index is 11.9. The average Bonchev–Trinajstić information content (AvgIpc) is 2.88. The summed E-state index contributed by atoms with van der Waals surface area (Å²) in [6.45, 7) is 1.96. The molecule has 1 saturated carbocycles. The van der Waals surface area contributed by atoms with Gasteiger partial charge in [0.15, 0.2) is 0 Å². The Morgan fingerprint density at radius 1 is 1.29 bits per heavy atom. The summed E-state index contributed by atoms with van der Waals surface area (Å²) < 4.78 is 0. The van der Waals surface area contributed by atoms with Gasteiger partial charge in [0.25, 0.3) is 0 Å². The Labute approximate surface area is 124 Å². The molecule has 0 radical (unpaired) electrons. The van der Waals surface area contributed by atoms with Gasteiger partial charge in [-0.3, -0.25) is 4.79 Å². The summed E-state index contributed by atoms with van der Waals surface area (Å²) in [4.78, 5) is 22.8. The second-order valence-electron chi connectivity index (χ2n) is 5.75. The Hall–Kier alpha value is -2.04. The molecule has 1 fully saturated rings. The minimum absolute atomic E-state index is 0.0315. The van der Waals surface area contributed by atoms with Gasteiger partial charge in [-0.05, 0) is 38.2 Å². The van der Waals surface area contributed by atoms with Gasteiger partial charge in [-0.15, -0.1) is 0 Å². The Balaban J connectivity index is 1.73. The number of rotatable bonds is 5. The van der Waals surface area contributed by atoms with E-state index in [0.717, 1.165) is 12.8 Å². The highest BCUT2D eigenvalue weighted by Crippen LogP contribution is 2.25. The van der Waals surface area contributed by atoms with Crippen LogP contribution in [0.1, 0.15) is 31.7 Å². The van der Waals surface area contributed by atoms with Crippen LogP contribution in [0.5, 0.6) is 0 Å². The van der Waals surface area contributed by atoms with Crippen molar-refractivity contribution >= 4 is 12.0 Å². The van der Waals surface area contributed by atoms with Crippen LogP contribution in [-0.2, 0) is 11.2 Å². The van der Waals surface area contributed by atoms with E-state index in [2.05, 4.69) is 10.6 Å². The molecule has 2 amide bonds. The molecule has 3 atom stereocenters. The average molecular weight is 290 g/mol. The van der Waals surface area contributed by atoms with E-state index in [1.54, 1.807) is 0 Å². The van der Waals surface area contributed by atoms with Crippen molar-refractivity contribution in [1.29, 1.82) is 0 Å². The molecule has 1 aromatic rings. The topological polar surface area (TPSA) is 78.4 Å². The Morgan fingerprint density at radius 3 is 2.62 bits per heavy atom. The lowest BCUT2D eigenvalue weighted by Gasteiger charge is -2.17. The van der Waals surface area contributed by atoms with E-state index in [4.69, 9.17) is 5.11 Å². The quantitative estimate of drug-likeness (QED) is 0.777. The Morgan fingerprint density at radius 2 is 2.00 bits per heavy atom. The van der Waals surface area contributed by atoms with Crippen LogP contribution in [0.15, 0.2) is 30.3 Å². The number of carbonyl (C=O) groups is 2. The van der Waals surface area contributed by atoms with Gasteiger partial charge in [-0.2, -0.15) is 0 Å². The van der Waals surface area contributed by atoms with E-state index in [1.807, 2.05) is 37.3 Å². The van der Waals surface area contributed by atoms with Gasteiger partial charge in [-0.1, -0.05) is 30.3 Å². The van der Waals surface area contributed by atoms with E-state index in [1.165, 1.54) is 5.56 Å². The third-order valence-corrected chi connectivity index (χ3v) is 3.88. The molecule has 5 nitrogen and oxygen atoms in total. The first kappa shape index (κ1) is 15.4. The zero-order valence-electron chi connectivity index (χ0n) is 12.2. The summed E-state index contributed by atoms with van der Waals surface area (Å²) in [5.74, 6) is -1.09. The molecule has 0 heterocycles. The molecular formula is C16H22N2O3. The number of amides is 2. The number of carboxylic acid groups (broad SMARTS) is 1. The molecule has 1 aliphatic carbocycles. The smallest absolute Gasteiger partial charge is 0.315 e. The lowest BCUT2D eigenvalue weighted by atomic mass is 10.1. The van der Waals surface area contributed by atoms with Crippen LogP contribution in [0.4, 0.5) is 4.79 Å². The molecule has 0 bridgehead atoms. The number of urea groups is 1. The summed E-state index contributed by atoms with van der Waals surface area (Å²) >= 11 is 0. The van der Waals surface area contributed by atoms with Crippen molar-refractivity contribution in [3.05, 3.63) is 35.9 Å². The molecule has 2 rings (SSSR count). The molecule has 114 valence electrons. The number of carbonyl (C=O) groups excluding carboxylic acids is 1. The monoisotopic (exact) mass is 290 g/mol. The van der Waals surface area contributed by atoms with Crippen molar-refractivity contribution in [2.24, 2.45) is 5.92 Å². The highest BCUT2D eigenvalue weighted by atomic mass is 16.4. The van der Waals surface area contributed by atoms with E-state index >= 15 is 0 Å². The van der Waals surface area contributed by atoms with Crippen LogP contribution < -0.4 is 10.6 Å². The molecule has 1 aliphatic rings. The molecule has 0 spiro atoms. The first-order chi connectivity index (χ1) is 10.0. The highest BCUT2D eigenvalue weighted by Gasteiger charge is 2.30. The first-order valence-electron chi connectivity index (χ1n) is 7.38.